The molecular formula is C61H78N2O10. The van der Waals surface area contributed by atoms with E-state index in [0.717, 1.165) is 51.7 Å². The number of carbonyl (C=O) groups excluding carboxylic acids is 4. The third-order valence-corrected chi connectivity index (χ3v) is 14.4. The number of esters is 2. The Hall–Kier alpha value is -5.92. The smallest absolute Gasteiger partial charge is 0.314 e. The van der Waals surface area contributed by atoms with E-state index >= 15 is 0 Å². The van der Waals surface area contributed by atoms with Crippen LogP contribution < -0.4 is 20.9 Å². The fraction of sp³-hybridized carbons (Fsp3) is 0.475. The van der Waals surface area contributed by atoms with E-state index in [2.05, 4.69) is 13.8 Å². The highest BCUT2D eigenvalue weighted by Crippen LogP contribution is 2.38. The van der Waals surface area contributed by atoms with E-state index in [9.17, 15) is 29.4 Å². The average Bonchev–Trinajstić information content (AvgIpc) is 3.41. The number of unbranched alkanes of at least 4 members (excludes halogenated alkanes) is 6. The molecule has 0 spiro atoms. The quantitative estimate of drug-likeness (QED) is 0.0138. The molecule has 2 fully saturated rings. The van der Waals surface area contributed by atoms with Gasteiger partial charge in [0.15, 0.2) is 11.6 Å². The zero-order chi connectivity index (χ0) is 52.0. The van der Waals surface area contributed by atoms with Crippen LogP contribution in [-0.4, -0.2) is 71.3 Å². The minimum Gasteiger partial charge on any atom is -0.426 e. The van der Waals surface area contributed by atoms with E-state index in [1.165, 1.54) is 62.8 Å². The van der Waals surface area contributed by atoms with Crippen molar-refractivity contribution in [3.63, 3.8) is 0 Å². The monoisotopic (exact) mass is 999 g/mol. The second-order valence-electron chi connectivity index (χ2n) is 20.1. The number of anilines is 2. The second-order valence-corrected chi connectivity index (χ2v) is 20.1. The van der Waals surface area contributed by atoms with E-state index in [4.69, 9.17) is 30.4 Å². The van der Waals surface area contributed by atoms with Crippen molar-refractivity contribution in [1.82, 2.24) is 0 Å². The van der Waals surface area contributed by atoms with Crippen LogP contribution in [0.4, 0.5) is 11.4 Å². The number of nitrogen functional groups attached to an aromatic ring is 2. The Morgan fingerprint density at radius 2 is 0.877 bits per heavy atom. The maximum atomic E-state index is 14.2. The van der Waals surface area contributed by atoms with Crippen molar-refractivity contribution in [2.75, 3.05) is 24.7 Å². The van der Waals surface area contributed by atoms with Crippen LogP contribution in [0.1, 0.15) is 139 Å². The molecule has 4 aromatic rings. The van der Waals surface area contributed by atoms with Crippen LogP contribution in [0.5, 0.6) is 11.5 Å². The average molecular weight is 999 g/mol. The van der Waals surface area contributed by atoms with Crippen molar-refractivity contribution in [3.05, 3.63) is 131 Å². The summed E-state index contributed by atoms with van der Waals surface area (Å²) < 4.78 is 23.6. The lowest BCUT2D eigenvalue weighted by Gasteiger charge is -2.40. The van der Waals surface area contributed by atoms with Gasteiger partial charge in [0.25, 0.3) is 0 Å². The van der Waals surface area contributed by atoms with Gasteiger partial charge in [-0.15, -0.1) is 0 Å². The van der Waals surface area contributed by atoms with E-state index < -0.39 is 29.2 Å². The van der Waals surface area contributed by atoms with Gasteiger partial charge in [0, 0.05) is 30.0 Å². The largest absolute Gasteiger partial charge is 0.426 e. The van der Waals surface area contributed by atoms with Crippen LogP contribution in [0.15, 0.2) is 109 Å². The van der Waals surface area contributed by atoms with Crippen molar-refractivity contribution in [3.8, 4) is 11.5 Å². The van der Waals surface area contributed by atoms with Gasteiger partial charge in [0.05, 0.1) is 24.0 Å². The Morgan fingerprint density at radius 1 is 0.521 bits per heavy atom. The third kappa shape index (κ3) is 17.6. The summed E-state index contributed by atoms with van der Waals surface area (Å²) in [4.78, 5) is 54.6. The number of ether oxygens (including phenoxy) is 4. The van der Waals surface area contributed by atoms with Crippen molar-refractivity contribution >= 4 is 47.0 Å². The first-order chi connectivity index (χ1) is 35.3. The van der Waals surface area contributed by atoms with Gasteiger partial charge in [-0.1, -0.05) is 113 Å². The van der Waals surface area contributed by atoms with E-state index in [1.807, 2.05) is 0 Å². The Morgan fingerprint density at radius 3 is 1.22 bits per heavy atom. The lowest BCUT2D eigenvalue weighted by molar-refractivity contribution is -0.146. The normalized spacial score (nSPS) is 19.1. The summed E-state index contributed by atoms with van der Waals surface area (Å²) in [5.41, 5.74) is 13.7. The van der Waals surface area contributed by atoms with Gasteiger partial charge < -0.3 is 40.6 Å². The Labute approximate surface area is 432 Å². The summed E-state index contributed by atoms with van der Waals surface area (Å²) in [5, 5.41) is 24.5. The minimum absolute atomic E-state index is 0.0826. The Balaban J connectivity index is 1.11. The SMILES string of the molecule is CCCCCCOC1CCC(C(=O)Oc2ccc(/C=C/C(=O)C(O)C(Cc3ccc(N)cc3)(Cc3ccc(N)cc3)C(O)C(=O)/C=C/c3ccc(OC(=O)C4CCC(OCCCCCC)CC4)cc3)cc2)CC1. The van der Waals surface area contributed by atoms with Gasteiger partial charge in [-0.2, -0.15) is 0 Å². The maximum Gasteiger partial charge on any atom is 0.314 e. The van der Waals surface area contributed by atoms with Crippen molar-refractivity contribution in [2.24, 2.45) is 17.3 Å². The third-order valence-electron chi connectivity index (χ3n) is 14.4. The van der Waals surface area contributed by atoms with Gasteiger partial charge in [-0.05, 0) is 160 Å². The molecular weight excluding hydrogens is 921 g/mol. The minimum atomic E-state index is -1.87. The van der Waals surface area contributed by atoms with Crippen molar-refractivity contribution in [2.45, 2.75) is 154 Å². The molecule has 6 N–H and O–H groups in total. The van der Waals surface area contributed by atoms with Crippen LogP contribution in [0.2, 0.25) is 0 Å². The molecule has 2 aliphatic carbocycles. The molecule has 73 heavy (non-hydrogen) atoms. The molecule has 0 heterocycles. The molecule has 0 aliphatic heterocycles. The number of aliphatic hydroxyl groups excluding tert-OH is 2. The molecule has 2 atom stereocenters. The summed E-state index contributed by atoms with van der Waals surface area (Å²) in [6, 6.07) is 27.1. The van der Waals surface area contributed by atoms with Gasteiger partial charge in [-0.3, -0.25) is 19.2 Å². The van der Waals surface area contributed by atoms with Gasteiger partial charge >= 0.3 is 11.9 Å². The molecule has 0 bridgehead atoms. The van der Waals surface area contributed by atoms with Gasteiger partial charge in [0.2, 0.25) is 0 Å². The second kappa shape index (κ2) is 29.1. The zero-order valence-corrected chi connectivity index (χ0v) is 43.0. The number of hydrogen-bond donors (Lipinski definition) is 4. The molecule has 2 unspecified atom stereocenters. The van der Waals surface area contributed by atoms with E-state index in [0.29, 0.717) is 70.8 Å². The van der Waals surface area contributed by atoms with E-state index in [1.54, 1.807) is 97.1 Å². The Kier molecular flexibility index (Phi) is 22.5. The van der Waals surface area contributed by atoms with Crippen LogP contribution in [-0.2, 0) is 41.5 Å². The number of carbonyl (C=O) groups is 4. The Bertz CT molecular complexity index is 2210. The molecule has 12 heteroatoms. The van der Waals surface area contributed by atoms with Crippen LogP contribution in [0.3, 0.4) is 0 Å². The van der Waals surface area contributed by atoms with Crippen molar-refractivity contribution in [1.29, 1.82) is 0 Å². The molecule has 0 saturated heterocycles. The summed E-state index contributed by atoms with van der Waals surface area (Å²) >= 11 is 0. The highest BCUT2D eigenvalue weighted by Gasteiger charge is 2.49. The first-order valence-corrected chi connectivity index (χ1v) is 26.7. The molecule has 0 amide bonds. The van der Waals surface area contributed by atoms with Crippen molar-refractivity contribution < 1.29 is 48.3 Å². The molecule has 6 rings (SSSR count). The first-order valence-electron chi connectivity index (χ1n) is 26.7. The first kappa shape index (κ1) is 56.4. The number of hydrogen-bond acceptors (Lipinski definition) is 12. The number of benzene rings is 4. The predicted molar refractivity (Wildman–Crippen MR) is 287 cm³/mol. The van der Waals surface area contributed by atoms with Crippen LogP contribution in [0, 0.1) is 17.3 Å². The number of ketones is 2. The topological polar surface area (TPSA) is 198 Å². The molecule has 4 aromatic carbocycles. The molecule has 0 aromatic heterocycles. The lowest BCUT2D eigenvalue weighted by Crippen LogP contribution is -2.54. The molecule has 2 saturated carbocycles. The fourth-order valence-electron chi connectivity index (χ4n) is 9.92. The summed E-state index contributed by atoms with van der Waals surface area (Å²) in [7, 11) is 0. The summed E-state index contributed by atoms with van der Waals surface area (Å²) in [6.45, 7) is 5.90. The van der Waals surface area contributed by atoms with Crippen LogP contribution >= 0.6 is 0 Å². The maximum absolute atomic E-state index is 14.2. The number of nitrogens with two attached hydrogens (primary N) is 2. The highest BCUT2D eigenvalue weighted by molar-refractivity contribution is 6.01. The molecule has 0 radical (unpaired) electrons. The number of aliphatic hydroxyl groups is 2. The standard InChI is InChI=1S/C61H78N2O10/c1-3-5-7-9-39-70-51-33-21-47(22-34-51)59(68)72-53-29-15-43(16-30-53)19-37-55(64)57(66)61(41-45-11-25-49(62)26-12-45,42-46-13-27-50(63)28-14-46)58(67)56(65)38-20-44-17-31-54(32-18-44)73-60(69)48-23-35-52(36-24-48)71-40-10-8-6-4-2/h11-20,25-32,37-38,47-48,51-52,57-58,66-67H,3-10,21-24,33-36,39-42,62-63H2,1-2H3/b37-19+,38-20+. The predicted octanol–water partition coefficient (Wildman–Crippen LogP) is 11.0. The van der Waals surface area contributed by atoms with Gasteiger partial charge in [0.1, 0.15) is 23.7 Å². The highest BCUT2D eigenvalue weighted by atomic mass is 16.5. The van der Waals surface area contributed by atoms with Crippen LogP contribution in [0.25, 0.3) is 12.2 Å². The van der Waals surface area contributed by atoms with E-state index in [-0.39, 0.29) is 48.8 Å². The summed E-state index contributed by atoms with van der Waals surface area (Å²) in [6.07, 6.45) is 17.4. The zero-order valence-electron chi connectivity index (χ0n) is 43.0. The molecule has 12 nitrogen and oxygen atoms in total. The van der Waals surface area contributed by atoms with Gasteiger partial charge in [-0.25, -0.2) is 0 Å². The number of rotatable bonds is 28. The molecule has 2 aliphatic rings. The molecule has 392 valence electrons. The lowest BCUT2D eigenvalue weighted by atomic mass is 9.66. The fourth-order valence-corrected chi connectivity index (χ4v) is 9.92. The summed E-state index contributed by atoms with van der Waals surface area (Å²) in [5.74, 6) is -1.66.